The number of nitro groups is 1. The van der Waals surface area contributed by atoms with Gasteiger partial charge in [0.1, 0.15) is 0 Å². The second kappa shape index (κ2) is 9.99. The van der Waals surface area contributed by atoms with Gasteiger partial charge in [-0.25, -0.2) is 0 Å². The van der Waals surface area contributed by atoms with Crippen LogP contribution < -0.4 is 10.1 Å². The van der Waals surface area contributed by atoms with Crippen LogP contribution >= 0.6 is 0 Å². The molecule has 8 heteroatoms. The molecule has 0 spiro atoms. The number of ether oxygens (including phenoxy) is 2. The lowest BCUT2D eigenvalue weighted by Gasteiger charge is -2.27. The van der Waals surface area contributed by atoms with Crippen LogP contribution in [0, 0.1) is 10.1 Å². The van der Waals surface area contributed by atoms with Gasteiger partial charge in [-0.05, 0) is 30.2 Å². The van der Waals surface area contributed by atoms with Crippen LogP contribution in [-0.4, -0.2) is 48.6 Å². The Balaban J connectivity index is 1.68. The van der Waals surface area contributed by atoms with Crippen molar-refractivity contribution in [2.45, 2.75) is 20.0 Å². The van der Waals surface area contributed by atoms with E-state index in [1.807, 2.05) is 18.2 Å². The van der Waals surface area contributed by atoms with Crippen molar-refractivity contribution in [3.05, 3.63) is 69.3 Å². The summed E-state index contributed by atoms with van der Waals surface area (Å²) in [7, 11) is 0. The number of amides is 1. The average molecular weight is 399 g/mol. The van der Waals surface area contributed by atoms with Gasteiger partial charge in [0.15, 0.2) is 5.75 Å². The van der Waals surface area contributed by atoms with Gasteiger partial charge < -0.3 is 14.8 Å². The molecule has 0 atom stereocenters. The Morgan fingerprint density at radius 3 is 2.62 bits per heavy atom. The third-order valence-corrected chi connectivity index (χ3v) is 4.77. The van der Waals surface area contributed by atoms with Crippen LogP contribution in [0.3, 0.4) is 0 Å². The molecule has 0 aliphatic carbocycles. The molecule has 0 radical (unpaired) electrons. The van der Waals surface area contributed by atoms with Crippen LogP contribution in [0.15, 0.2) is 42.5 Å². The van der Waals surface area contributed by atoms with Crippen molar-refractivity contribution in [3.63, 3.8) is 0 Å². The highest BCUT2D eigenvalue weighted by Gasteiger charge is 2.19. The highest BCUT2D eigenvalue weighted by molar-refractivity contribution is 5.95. The van der Waals surface area contributed by atoms with Crippen molar-refractivity contribution in [2.24, 2.45) is 0 Å². The smallest absolute Gasteiger partial charge is 0.311 e. The molecule has 1 fully saturated rings. The monoisotopic (exact) mass is 399 g/mol. The fourth-order valence-corrected chi connectivity index (χ4v) is 3.24. The lowest BCUT2D eigenvalue weighted by molar-refractivity contribution is -0.385. The maximum Gasteiger partial charge on any atom is 0.311 e. The molecule has 0 saturated carbocycles. The van der Waals surface area contributed by atoms with E-state index in [1.54, 1.807) is 6.92 Å². The number of hydrogen-bond acceptors (Lipinski definition) is 6. The van der Waals surface area contributed by atoms with Crippen molar-refractivity contribution in [1.29, 1.82) is 0 Å². The first-order valence-electron chi connectivity index (χ1n) is 9.64. The van der Waals surface area contributed by atoms with Crippen LogP contribution in [0.4, 0.5) is 5.69 Å². The number of benzene rings is 2. The van der Waals surface area contributed by atoms with Crippen molar-refractivity contribution >= 4 is 11.6 Å². The van der Waals surface area contributed by atoms with E-state index in [0.29, 0.717) is 13.2 Å². The van der Waals surface area contributed by atoms with Crippen LogP contribution in [0.1, 0.15) is 28.4 Å². The van der Waals surface area contributed by atoms with E-state index in [1.165, 1.54) is 18.2 Å². The Morgan fingerprint density at radius 2 is 1.93 bits per heavy atom. The van der Waals surface area contributed by atoms with E-state index in [9.17, 15) is 14.9 Å². The predicted molar refractivity (Wildman–Crippen MR) is 108 cm³/mol. The molecule has 0 aromatic heterocycles. The van der Waals surface area contributed by atoms with E-state index in [4.69, 9.17) is 9.47 Å². The number of morpholine rings is 1. The largest absolute Gasteiger partial charge is 0.487 e. The molecule has 2 aromatic rings. The zero-order chi connectivity index (χ0) is 20.6. The molecule has 0 bridgehead atoms. The van der Waals surface area contributed by atoms with Crippen LogP contribution in [0.5, 0.6) is 5.75 Å². The molecule has 1 aliphatic rings. The van der Waals surface area contributed by atoms with E-state index in [-0.39, 0.29) is 22.9 Å². The summed E-state index contributed by atoms with van der Waals surface area (Å²) in [6, 6.07) is 12.2. The lowest BCUT2D eigenvalue weighted by Crippen LogP contribution is -2.36. The molecule has 1 aliphatic heterocycles. The van der Waals surface area contributed by atoms with Gasteiger partial charge >= 0.3 is 5.69 Å². The topological polar surface area (TPSA) is 93.9 Å². The first-order chi connectivity index (χ1) is 14.1. The van der Waals surface area contributed by atoms with Crippen LogP contribution in [0.25, 0.3) is 0 Å². The maximum atomic E-state index is 12.6. The Kier molecular flexibility index (Phi) is 7.15. The molecule has 1 heterocycles. The minimum Gasteiger partial charge on any atom is -0.487 e. The lowest BCUT2D eigenvalue weighted by atomic mass is 10.1. The summed E-state index contributed by atoms with van der Waals surface area (Å²) < 4.78 is 10.7. The number of nitrogens with zero attached hydrogens (tertiary/aromatic N) is 2. The normalized spacial score (nSPS) is 14.4. The van der Waals surface area contributed by atoms with Gasteiger partial charge in [0, 0.05) is 37.8 Å². The van der Waals surface area contributed by atoms with E-state index in [0.717, 1.165) is 44.0 Å². The molecular formula is C21H25N3O5. The summed E-state index contributed by atoms with van der Waals surface area (Å²) in [4.78, 5) is 25.6. The standard InChI is InChI=1S/C21H25N3O5/c1-2-29-20-8-7-16(13-19(20)24(26)27)21(25)22-14-17-5-3-4-6-18(17)15-23-9-11-28-12-10-23/h3-8,13H,2,9-12,14-15H2,1H3,(H,22,25). The van der Waals surface area contributed by atoms with E-state index >= 15 is 0 Å². The summed E-state index contributed by atoms with van der Waals surface area (Å²) in [6.07, 6.45) is 0. The Hall–Kier alpha value is -2.97. The van der Waals surface area contributed by atoms with Gasteiger partial charge in [-0.15, -0.1) is 0 Å². The minimum absolute atomic E-state index is 0.157. The second-order valence-corrected chi connectivity index (χ2v) is 6.71. The fourth-order valence-electron chi connectivity index (χ4n) is 3.24. The number of carbonyl (C=O) groups excluding carboxylic acids is 1. The zero-order valence-electron chi connectivity index (χ0n) is 16.4. The third kappa shape index (κ3) is 5.52. The number of hydrogen-bond donors (Lipinski definition) is 1. The molecule has 2 aromatic carbocycles. The number of nitro benzene ring substituents is 1. The summed E-state index contributed by atoms with van der Waals surface area (Å²) in [6.45, 7) is 6.44. The number of nitrogens with one attached hydrogen (secondary N) is 1. The summed E-state index contributed by atoms with van der Waals surface area (Å²) in [5.41, 5.74) is 2.18. The third-order valence-electron chi connectivity index (χ3n) is 4.77. The highest BCUT2D eigenvalue weighted by atomic mass is 16.6. The van der Waals surface area contributed by atoms with Gasteiger partial charge in [-0.3, -0.25) is 19.8 Å². The van der Waals surface area contributed by atoms with E-state index in [2.05, 4.69) is 16.3 Å². The van der Waals surface area contributed by atoms with Crippen molar-refractivity contribution in [3.8, 4) is 5.75 Å². The molecule has 3 rings (SSSR count). The Labute approximate surface area is 169 Å². The van der Waals surface area contributed by atoms with Crippen molar-refractivity contribution in [2.75, 3.05) is 32.9 Å². The van der Waals surface area contributed by atoms with Crippen LogP contribution in [0.2, 0.25) is 0 Å². The average Bonchev–Trinajstić information content (AvgIpc) is 2.74. The first-order valence-corrected chi connectivity index (χ1v) is 9.64. The molecule has 8 nitrogen and oxygen atoms in total. The summed E-state index contributed by atoms with van der Waals surface area (Å²) >= 11 is 0. The Morgan fingerprint density at radius 1 is 1.21 bits per heavy atom. The van der Waals surface area contributed by atoms with Gasteiger partial charge in [0.2, 0.25) is 0 Å². The van der Waals surface area contributed by atoms with Gasteiger partial charge in [-0.2, -0.15) is 0 Å². The number of rotatable bonds is 8. The number of carbonyl (C=O) groups is 1. The molecule has 1 amide bonds. The zero-order valence-corrected chi connectivity index (χ0v) is 16.4. The highest BCUT2D eigenvalue weighted by Crippen LogP contribution is 2.28. The minimum atomic E-state index is -0.542. The quantitative estimate of drug-likeness (QED) is 0.542. The Bertz CT molecular complexity index is 865. The summed E-state index contributed by atoms with van der Waals surface area (Å²) in [5, 5.41) is 14.1. The molecule has 0 unspecified atom stereocenters. The molecule has 154 valence electrons. The molecule has 1 saturated heterocycles. The van der Waals surface area contributed by atoms with Crippen LogP contribution in [-0.2, 0) is 17.8 Å². The SMILES string of the molecule is CCOc1ccc(C(=O)NCc2ccccc2CN2CCOCC2)cc1[N+](=O)[O-]. The fraction of sp³-hybridized carbons (Fsp3) is 0.381. The van der Waals surface area contributed by atoms with Gasteiger partial charge in [0.25, 0.3) is 5.91 Å². The molecule has 1 N–H and O–H groups in total. The maximum absolute atomic E-state index is 12.6. The first kappa shape index (κ1) is 20.8. The predicted octanol–water partition coefficient (Wildman–Crippen LogP) is 2.76. The van der Waals surface area contributed by atoms with Crippen molar-refractivity contribution < 1.29 is 19.2 Å². The second-order valence-electron chi connectivity index (χ2n) is 6.71. The van der Waals surface area contributed by atoms with Gasteiger partial charge in [0.05, 0.1) is 24.7 Å². The summed E-state index contributed by atoms with van der Waals surface area (Å²) in [5.74, 6) is -0.206. The molecular weight excluding hydrogens is 374 g/mol. The van der Waals surface area contributed by atoms with Gasteiger partial charge in [-0.1, -0.05) is 24.3 Å². The van der Waals surface area contributed by atoms with E-state index < -0.39 is 4.92 Å². The molecule has 29 heavy (non-hydrogen) atoms. The van der Waals surface area contributed by atoms with Crippen molar-refractivity contribution in [1.82, 2.24) is 10.2 Å².